The number of hydrogen-bond donors (Lipinski definition) is 1. The van der Waals surface area contributed by atoms with Gasteiger partial charge in [-0.2, -0.15) is 0 Å². The van der Waals surface area contributed by atoms with Crippen LogP contribution >= 0.6 is 0 Å². The monoisotopic (exact) mass is 294 g/mol. The van der Waals surface area contributed by atoms with E-state index in [1.54, 1.807) is 12.1 Å². The molecule has 0 amide bonds. The second kappa shape index (κ2) is 7.23. The van der Waals surface area contributed by atoms with E-state index in [1.807, 2.05) is 19.9 Å². The fourth-order valence-electron chi connectivity index (χ4n) is 3.05. The molecule has 21 heavy (non-hydrogen) atoms. The second-order valence-corrected chi connectivity index (χ2v) is 6.02. The number of benzene rings is 1. The van der Waals surface area contributed by atoms with Gasteiger partial charge in [-0.05, 0) is 45.4 Å². The van der Waals surface area contributed by atoms with Gasteiger partial charge in [0.1, 0.15) is 5.82 Å². The number of rotatable bonds is 5. The summed E-state index contributed by atoms with van der Waals surface area (Å²) in [5.41, 5.74) is 1.76. The largest absolute Gasteiger partial charge is 0.372 e. The van der Waals surface area contributed by atoms with Gasteiger partial charge in [-0.25, -0.2) is 4.39 Å². The summed E-state index contributed by atoms with van der Waals surface area (Å²) in [6, 6.07) is 5.52. The Bertz CT molecular complexity index is 456. The van der Waals surface area contributed by atoms with Crippen LogP contribution in [0.3, 0.4) is 0 Å². The summed E-state index contributed by atoms with van der Waals surface area (Å²) >= 11 is 0. The number of ether oxygens (including phenoxy) is 1. The van der Waals surface area contributed by atoms with Gasteiger partial charge in [-0.15, -0.1) is 0 Å². The van der Waals surface area contributed by atoms with Crippen molar-refractivity contribution in [3.63, 3.8) is 0 Å². The first-order valence-electron chi connectivity index (χ1n) is 7.95. The first-order valence-corrected chi connectivity index (χ1v) is 7.95. The molecule has 0 spiro atoms. The van der Waals surface area contributed by atoms with Crippen molar-refractivity contribution in [2.24, 2.45) is 0 Å². The Balaban J connectivity index is 2.28. The number of morpholine rings is 1. The van der Waals surface area contributed by atoms with Crippen LogP contribution in [-0.2, 0) is 4.74 Å². The SMILES string of the molecule is CCCNC(C)c1cccc(F)c1N1C[C@@H](C)O[C@@H](C)C1. The molecule has 1 heterocycles. The molecule has 1 fully saturated rings. The van der Waals surface area contributed by atoms with Gasteiger partial charge in [0, 0.05) is 19.1 Å². The molecule has 4 heteroatoms. The Kier molecular flexibility index (Phi) is 5.59. The zero-order valence-corrected chi connectivity index (χ0v) is 13.5. The first kappa shape index (κ1) is 16.2. The molecule has 1 unspecified atom stereocenters. The van der Waals surface area contributed by atoms with Crippen LogP contribution in [0.15, 0.2) is 18.2 Å². The summed E-state index contributed by atoms with van der Waals surface area (Å²) in [6.45, 7) is 10.7. The van der Waals surface area contributed by atoms with Crippen molar-refractivity contribution in [2.75, 3.05) is 24.5 Å². The molecule has 0 aromatic heterocycles. The summed E-state index contributed by atoms with van der Waals surface area (Å²) in [5, 5.41) is 3.45. The lowest BCUT2D eigenvalue weighted by atomic mass is 10.0. The van der Waals surface area contributed by atoms with Gasteiger partial charge in [0.2, 0.25) is 0 Å². The van der Waals surface area contributed by atoms with E-state index < -0.39 is 0 Å². The second-order valence-electron chi connectivity index (χ2n) is 6.02. The minimum atomic E-state index is -0.140. The van der Waals surface area contributed by atoms with E-state index in [0.29, 0.717) is 0 Å². The number of hydrogen-bond acceptors (Lipinski definition) is 3. The van der Waals surface area contributed by atoms with Crippen molar-refractivity contribution in [3.05, 3.63) is 29.6 Å². The first-order chi connectivity index (χ1) is 10.0. The average Bonchev–Trinajstić information content (AvgIpc) is 2.43. The van der Waals surface area contributed by atoms with Gasteiger partial charge < -0.3 is 15.0 Å². The van der Waals surface area contributed by atoms with Crippen LogP contribution in [0.4, 0.5) is 10.1 Å². The van der Waals surface area contributed by atoms with Gasteiger partial charge in [-0.3, -0.25) is 0 Å². The minimum Gasteiger partial charge on any atom is -0.372 e. The van der Waals surface area contributed by atoms with E-state index >= 15 is 0 Å². The summed E-state index contributed by atoms with van der Waals surface area (Å²) in [5.74, 6) is -0.140. The highest BCUT2D eigenvalue weighted by Gasteiger charge is 2.27. The van der Waals surface area contributed by atoms with Crippen LogP contribution in [0.25, 0.3) is 0 Å². The Labute approximate surface area is 127 Å². The molecule has 3 nitrogen and oxygen atoms in total. The number of anilines is 1. The smallest absolute Gasteiger partial charge is 0.146 e. The van der Waals surface area contributed by atoms with Crippen molar-refractivity contribution < 1.29 is 9.13 Å². The fraction of sp³-hybridized carbons (Fsp3) is 0.647. The van der Waals surface area contributed by atoms with E-state index in [0.717, 1.165) is 37.3 Å². The predicted octanol–water partition coefficient (Wildman–Crippen LogP) is 3.50. The van der Waals surface area contributed by atoms with Crippen molar-refractivity contribution in [2.45, 2.75) is 52.4 Å². The van der Waals surface area contributed by atoms with Crippen molar-refractivity contribution in [1.82, 2.24) is 5.32 Å². The van der Waals surface area contributed by atoms with E-state index in [9.17, 15) is 4.39 Å². The summed E-state index contributed by atoms with van der Waals surface area (Å²) in [6.07, 6.45) is 1.32. The average molecular weight is 294 g/mol. The van der Waals surface area contributed by atoms with Crippen LogP contribution < -0.4 is 10.2 Å². The quantitative estimate of drug-likeness (QED) is 0.899. The molecular weight excluding hydrogens is 267 g/mol. The number of nitrogens with one attached hydrogen (secondary N) is 1. The third-order valence-corrected chi connectivity index (χ3v) is 3.92. The van der Waals surface area contributed by atoms with Crippen LogP contribution in [0.1, 0.15) is 45.7 Å². The molecule has 1 aromatic rings. The maximum atomic E-state index is 14.5. The van der Waals surface area contributed by atoms with Crippen LogP contribution in [0.2, 0.25) is 0 Å². The summed E-state index contributed by atoms with van der Waals surface area (Å²) in [7, 11) is 0. The summed E-state index contributed by atoms with van der Waals surface area (Å²) < 4.78 is 20.2. The van der Waals surface area contributed by atoms with Crippen LogP contribution in [0, 0.1) is 5.82 Å². The molecule has 1 N–H and O–H groups in total. The zero-order chi connectivity index (χ0) is 15.4. The number of nitrogens with zero attached hydrogens (tertiary/aromatic N) is 1. The zero-order valence-electron chi connectivity index (χ0n) is 13.5. The Morgan fingerprint density at radius 2 is 2.00 bits per heavy atom. The fourth-order valence-corrected chi connectivity index (χ4v) is 3.05. The lowest BCUT2D eigenvalue weighted by Gasteiger charge is -2.38. The maximum Gasteiger partial charge on any atom is 0.146 e. The van der Waals surface area contributed by atoms with E-state index in [2.05, 4.69) is 24.1 Å². The van der Waals surface area contributed by atoms with E-state index in [4.69, 9.17) is 4.74 Å². The van der Waals surface area contributed by atoms with Crippen molar-refractivity contribution in [3.8, 4) is 0 Å². The normalized spacial score (nSPS) is 24.1. The van der Waals surface area contributed by atoms with Gasteiger partial charge in [0.25, 0.3) is 0 Å². The topological polar surface area (TPSA) is 24.5 Å². The number of halogens is 1. The molecule has 0 radical (unpaired) electrons. The standard InChI is InChI=1S/C17H27FN2O/c1-5-9-19-14(4)15-7-6-8-16(18)17(15)20-10-12(2)21-13(3)11-20/h6-8,12-14,19H,5,9-11H2,1-4H3/t12-,13+,14?. The minimum absolute atomic E-state index is 0.125. The molecule has 3 atom stereocenters. The molecule has 1 aliphatic rings. The molecule has 2 rings (SSSR count). The molecule has 118 valence electrons. The Hall–Kier alpha value is -1.13. The third kappa shape index (κ3) is 3.95. The van der Waals surface area contributed by atoms with E-state index in [1.165, 1.54) is 0 Å². The number of para-hydroxylation sites is 1. The van der Waals surface area contributed by atoms with E-state index in [-0.39, 0.29) is 24.1 Å². The molecule has 1 aliphatic heterocycles. The molecule has 1 aromatic carbocycles. The predicted molar refractivity (Wildman–Crippen MR) is 85.3 cm³/mol. The molecule has 0 aliphatic carbocycles. The third-order valence-electron chi connectivity index (χ3n) is 3.92. The van der Waals surface area contributed by atoms with Gasteiger partial charge >= 0.3 is 0 Å². The Morgan fingerprint density at radius 3 is 2.62 bits per heavy atom. The lowest BCUT2D eigenvalue weighted by molar-refractivity contribution is -0.00546. The van der Waals surface area contributed by atoms with Crippen molar-refractivity contribution in [1.29, 1.82) is 0 Å². The molecule has 0 saturated carbocycles. The molecular formula is C17H27FN2O. The molecule has 0 bridgehead atoms. The van der Waals surface area contributed by atoms with Gasteiger partial charge in [0.05, 0.1) is 17.9 Å². The van der Waals surface area contributed by atoms with Crippen LogP contribution in [0.5, 0.6) is 0 Å². The highest BCUT2D eigenvalue weighted by atomic mass is 19.1. The lowest BCUT2D eigenvalue weighted by Crippen LogP contribution is -2.46. The summed E-state index contributed by atoms with van der Waals surface area (Å²) in [4.78, 5) is 2.13. The maximum absolute atomic E-state index is 14.5. The van der Waals surface area contributed by atoms with Gasteiger partial charge in [-0.1, -0.05) is 19.1 Å². The van der Waals surface area contributed by atoms with Crippen molar-refractivity contribution >= 4 is 5.69 Å². The highest BCUT2D eigenvalue weighted by Crippen LogP contribution is 2.31. The molecule has 1 saturated heterocycles. The highest BCUT2D eigenvalue weighted by molar-refractivity contribution is 5.56. The Morgan fingerprint density at radius 1 is 1.33 bits per heavy atom. The van der Waals surface area contributed by atoms with Gasteiger partial charge in [0.15, 0.2) is 0 Å². The van der Waals surface area contributed by atoms with Crippen LogP contribution in [-0.4, -0.2) is 31.8 Å².